The molecule has 1 aromatic rings. The minimum atomic E-state index is 0.0168. The van der Waals surface area contributed by atoms with Gasteiger partial charge in [0.05, 0.1) is 10.7 Å². The van der Waals surface area contributed by atoms with Crippen molar-refractivity contribution in [3.8, 4) is 0 Å². The van der Waals surface area contributed by atoms with E-state index in [2.05, 4.69) is 26.3 Å². The second kappa shape index (κ2) is 5.03. The second-order valence-corrected chi connectivity index (χ2v) is 6.28. The Labute approximate surface area is 115 Å². The van der Waals surface area contributed by atoms with E-state index in [4.69, 9.17) is 0 Å². The summed E-state index contributed by atoms with van der Waals surface area (Å²) in [7, 11) is 0. The van der Waals surface area contributed by atoms with Gasteiger partial charge in [-0.05, 0) is 54.0 Å². The third-order valence-corrected chi connectivity index (χ3v) is 4.71. The highest BCUT2D eigenvalue weighted by Gasteiger charge is 2.22. The lowest BCUT2D eigenvalue weighted by molar-refractivity contribution is 0.261. The van der Waals surface area contributed by atoms with E-state index in [1.165, 1.54) is 25.7 Å². The molecule has 2 saturated carbocycles. The van der Waals surface area contributed by atoms with E-state index in [0.717, 1.165) is 23.9 Å². The highest BCUT2D eigenvalue weighted by molar-refractivity contribution is 9.10. The Bertz CT molecular complexity index is 491. The van der Waals surface area contributed by atoms with Crippen molar-refractivity contribution in [3.63, 3.8) is 0 Å². The highest BCUT2D eigenvalue weighted by Crippen LogP contribution is 2.28. The maximum absolute atomic E-state index is 12.3. The van der Waals surface area contributed by atoms with Crippen molar-refractivity contribution in [3.05, 3.63) is 21.0 Å². The summed E-state index contributed by atoms with van der Waals surface area (Å²) in [5.74, 6) is 0.646. The van der Waals surface area contributed by atoms with E-state index in [1.54, 1.807) is 10.9 Å². The van der Waals surface area contributed by atoms with Gasteiger partial charge in [0.1, 0.15) is 5.69 Å². The molecule has 0 atom stereocenters. The van der Waals surface area contributed by atoms with Gasteiger partial charge in [0.15, 0.2) is 0 Å². The van der Waals surface area contributed by atoms with Gasteiger partial charge in [0, 0.05) is 12.6 Å². The van der Waals surface area contributed by atoms with E-state index in [1.807, 2.05) is 0 Å². The summed E-state index contributed by atoms with van der Waals surface area (Å²) < 4.78 is 2.40. The zero-order valence-corrected chi connectivity index (χ0v) is 11.9. The number of hydrogen-bond donors (Lipinski definition) is 1. The molecule has 0 unspecified atom stereocenters. The van der Waals surface area contributed by atoms with Crippen molar-refractivity contribution < 1.29 is 0 Å². The molecule has 0 spiro atoms. The van der Waals surface area contributed by atoms with Crippen LogP contribution in [0.15, 0.2) is 15.5 Å². The Morgan fingerprint density at radius 1 is 1.33 bits per heavy atom. The molecule has 2 aliphatic carbocycles. The fourth-order valence-electron chi connectivity index (χ4n) is 2.41. The van der Waals surface area contributed by atoms with E-state index in [0.29, 0.717) is 17.6 Å². The summed E-state index contributed by atoms with van der Waals surface area (Å²) in [5, 5.41) is 7.57. The molecule has 18 heavy (non-hydrogen) atoms. The second-order valence-electron chi connectivity index (χ2n) is 5.42. The molecule has 4 nitrogen and oxygen atoms in total. The molecule has 0 saturated heterocycles. The molecule has 0 radical (unpaired) electrons. The van der Waals surface area contributed by atoms with Crippen LogP contribution in [0.3, 0.4) is 0 Å². The van der Waals surface area contributed by atoms with Crippen LogP contribution < -0.4 is 10.9 Å². The molecular weight excluding hydrogens is 294 g/mol. The van der Waals surface area contributed by atoms with Crippen molar-refractivity contribution in [2.75, 3.05) is 5.32 Å². The molecule has 0 bridgehead atoms. The molecule has 3 rings (SSSR count). The lowest BCUT2D eigenvalue weighted by Gasteiger charge is -2.28. The summed E-state index contributed by atoms with van der Waals surface area (Å²) in [6.45, 7) is 0.769. The molecule has 0 aromatic carbocycles. The fraction of sp³-hybridized carbons (Fsp3) is 0.692. The van der Waals surface area contributed by atoms with Gasteiger partial charge in [-0.25, -0.2) is 4.68 Å². The molecule has 0 aliphatic heterocycles. The van der Waals surface area contributed by atoms with Crippen LogP contribution in [0.1, 0.15) is 38.5 Å². The molecule has 1 N–H and O–H groups in total. The van der Waals surface area contributed by atoms with Gasteiger partial charge in [0.2, 0.25) is 0 Å². The fourth-order valence-corrected chi connectivity index (χ4v) is 2.78. The first-order chi connectivity index (χ1) is 8.74. The van der Waals surface area contributed by atoms with E-state index in [9.17, 15) is 4.79 Å². The first-order valence-electron chi connectivity index (χ1n) is 6.76. The molecule has 98 valence electrons. The third-order valence-electron chi connectivity index (χ3n) is 4.11. The molecule has 1 heterocycles. The Balaban J connectivity index is 1.81. The van der Waals surface area contributed by atoms with Gasteiger partial charge in [-0.1, -0.05) is 6.42 Å². The Morgan fingerprint density at radius 3 is 2.61 bits per heavy atom. The minimum absolute atomic E-state index is 0.0168. The van der Waals surface area contributed by atoms with Crippen LogP contribution in [0.25, 0.3) is 0 Å². The van der Waals surface area contributed by atoms with Gasteiger partial charge >= 0.3 is 0 Å². The van der Waals surface area contributed by atoms with Crippen LogP contribution in [0, 0.1) is 5.92 Å². The van der Waals surface area contributed by atoms with Crippen molar-refractivity contribution in [1.29, 1.82) is 0 Å². The summed E-state index contributed by atoms with van der Waals surface area (Å²) in [6, 6.07) is 0.466. The first-order valence-corrected chi connectivity index (χ1v) is 7.55. The Morgan fingerprint density at radius 2 is 2.06 bits per heavy atom. The van der Waals surface area contributed by atoms with Crippen LogP contribution in [0.2, 0.25) is 0 Å². The highest BCUT2D eigenvalue weighted by atomic mass is 79.9. The Kier molecular flexibility index (Phi) is 3.41. The number of aromatic nitrogens is 2. The molecule has 0 amide bonds. The van der Waals surface area contributed by atoms with E-state index < -0.39 is 0 Å². The molecule has 5 heteroatoms. The van der Waals surface area contributed by atoms with Gasteiger partial charge < -0.3 is 5.32 Å². The average Bonchev–Trinajstić information content (AvgIpc) is 2.23. The predicted octanol–water partition coefficient (Wildman–Crippen LogP) is 2.77. The first kappa shape index (κ1) is 12.2. The largest absolute Gasteiger partial charge is 0.377 e. The SMILES string of the molecule is O=c1c(NC2CCC2)c(Br)cnn1CC1CCC1. The van der Waals surface area contributed by atoms with E-state index in [-0.39, 0.29) is 5.56 Å². The maximum atomic E-state index is 12.3. The van der Waals surface area contributed by atoms with Gasteiger partial charge in [-0.3, -0.25) is 4.79 Å². The average molecular weight is 312 g/mol. The van der Waals surface area contributed by atoms with Crippen molar-refractivity contribution in [2.24, 2.45) is 5.92 Å². The van der Waals surface area contributed by atoms with Crippen molar-refractivity contribution in [1.82, 2.24) is 9.78 Å². The summed E-state index contributed by atoms with van der Waals surface area (Å²) >= 11 is 3.42. The Hall–Kier alpha value is -0.840. The van der Waals surface area contributed by atoms with Gasteiger partial charge in [0.25, 0.3) is 5.56 Å². The molecule has 1 aromatic heterocycles. The smallest absolute Gasteiger partial charge is 0.291 e. The van der Waals surface area contributed by atoms with Crippen LogP contribution in [0.5, 0.6) is 0 Å². The zero-order valence-electron chi connectivity index (χ0n) is 10.4. The summed E-state index contributed by atoms with van der Waals surface area (Å²) in [5.41, 5.74) is 0.706. The quantitative estimate of drug-likeness (QED) is 0.930. The van der Waals surface area contributed by atoms with Crippen LogP contribution in [-0.2, 0) is 6.54 Å². The molecule has 2 fully saturated rings. The molecular formula is C13H18BrN3O. The number of anilines is 1. The normalized spacial score (nSPS) is 20.3. The van der Waals surface area contributed by atoms with E-state index >= 15 is 0 Å². The standard InChI is InChI=1S/C13H18BrN3O/c14-11-7-15-17(8-9-3-1-4-9)13(18)12(11)16-10-5-2-6-10/h7,9-10,16H,1-6,8H2. The number of halogens is 1. The van der Waals surface area contributed by atoms with Crippen molar-refractivity contribution >= 4 is 21.6 Å². The number of hydrogen-bond acceptors (Lipinski definition) is 3. The minimum Gasteiger partial charge on any atom is -0.377 e. The maximum Gasteiger partial charge on any atom is 0.291 e. The lowest BCUT2D eigenvalue weighted by Crippen LogP contribution is -2.35. The summed E-state index contributed by atoms with van der Waals surface area (Å²) in [6.07, 6.45) is 9.08. The van der Waals surface area contributed by atoms with Crippen LogP contribution in [-0.4, -0.2) is 15.8 Å². The lowest BCUT2D eigenvalue weighted by atomic mass is 9.85. The van der Waals surface area contributed by atoms with Gasteiger partial charge in [-0.15, -0.1) is 0 Å². The number of nitrogens with zero attached hydrogens (tertiary/aromatic N) is 2. The zero-order chi connectivity index (χ0) is 12.5. The topological polar surface area (TPSA) is 46.9 Å². The number of rotatable bonds is 4. The number of nitrogens with one attached hydrogen (secondary N) is 1. The van der Waals surface area contributed by atoms with Crippen molar-refractivity contribution in [2.45, 2.75) is 51.1 Å². The monoisotopic (exact) mass is 311 g/mol. The summed E-state index contributed by atoms with van der Waals surface area (Å²) in [4.78, 5) is 12.3. The van der Waals surface area contributed by atoms with Crippen LogP contribution >= 0.6 is 15.9 Å². The van der Waals surface area contributed by atoms with Crippen LogP contribution in [0.4, 0.5) is 5.69 Å². The molecule has 2 aliphatic rings. The third kappa shape index (κ3) is 2.32. The van der Waals surface area contributed by atoms with Gasteiger partial charge in [-0.2, -0.15) is 5.10 Å². The predicted molar refractivity (Wildman–Crippen MR) is 74.8 cm³/mol.